The van der Waals surface area contributed by atoms with Gasteiger partial charge >= 0.3 is 0 Å². The zero-order valence-corrected chi connectivity index (χ0v) is 14.2. The maximum atomic E-state index is 12.5. The van der Waals surface area contributed by atoms with Crippen LogP contribution < -0.4 is 0 Å². The first-order valence-electron chi connectivity index (χ1n) is 7.14. The summed E-state index contributed by atoms with van der Waals surface area (Å²) in [6.45, 7) is -0.185. The van der Waals surface area contributed by atoms with Crippen LogP contribution in [0.3, 0.4) is 0 Å². The van der Waals surface area contributed by atoms with Crippen LogP contribution >= 0.6 is 0 Å². The Morgan fingerprint density at radius 3 is 1.91 bits per heavy atom. The Labute approximate surface area is 137 Å². The van der Waals surface area contributed by atoms with E-state index in [0.717, 1.165) is 15.4 Å². The van der Waals surface area contributed by atoms with Gasteiger partial charge in [0.05, 0.1) is 11.4 Å². The molecule has 0 unspecified atom stereocenters. The number of sulfonamides is 1. The maximum Gasteiger partial charge on any atom is 0.243 e. The van der Waals surface area contributed by atoms with E-state index in [-0.39, 0.29) is 17.3 Å². The van der Waals surface area contributed by atoms with Crippen LogP contribution in [0.1, 0.15) is 0 Å². The molecule has 0 N–H and O–H groups in total. The first kappa shape index (κ1) is 17.2. The number of hydrogen-bond donors (Lipinski definition) is 0. The molecule has 0 aliphatic carbocycles. The third-order valence-electron chi connectivity index (χ3n) is 3.53. The molecule has 2 aromatic carbocycles. The van der Waals surface area contributed by atoms with Gasteiger partial charge in [0.15, 0.2) is 0 Å². The summed E-state index contributed by atoms with van der Waals surface area (Å²) >= 11 is 0. The van der Waals surface area contributed by atoms with Gasteiger partial charge < -0.3 is 4.90 Å². The summed E-state index contributed by atoms with van der Waals surface area (Å²) in [5.74, 6) is -0.267. The van der Waals surface area contributed by atoms with E-state index >= 15 is 0 Å². The van der Waals surface area contributed by atoms with Gasteiger partial charge in [-0.2, -0.15) is 4.31 Å². The summed E-state index contributed by atoms with van der Waals surface area (Å²) in [7, 11) is 0.913. The monoisotopic (exact) mass is 332 g/mol. The second-order valence-electron chi connectivity index (χ2n) is 5.44. The van der Waals surface area contributed by atoms with Crippen molar-refractivity contribution in [2.75, 3.05) is 27.7 Å². The van der Waals surface area contributed by atoms with E-state index in [0.29, 0.717) is 0 Å². The van der Waals surface area contributed by atoms with Crippen LogP contribution in [0.4, 0.5) is 0 Å². The average molecular weight is 332 g/mol. The highest BCUT2D eigenvalue weighted by Crippen LogP contribution is 2.22. The fourth-order valence-corrected chi connectivity index (χ4v) is 3.17. The Hall–Kier alpha value is -2.18. The predicted octanol–water partition coefficient (Wildman–Crippen LogP) is 2.06. The van der Waals surface area contributed by atoms with E-state index in [1.165, 1.54) is 11.9 Å². The summed E-state index contributed by atoms with van der Waals surface area (Å²) in [5.41, 5.74) is 1.96. The van der Waals surface area contributed by atoms with Crippen molar-refractivity contribution in [1.82, 2.24) is 9.21 Å². The minimum atomic E-state index is -3.68. The van der Waals surface area contributed by atoms with E-state index in [4.69, 9.17) is 0 Å². The molecule has 2 aromatic rings. The van der Waals surface area contributed by atoms with Crippen molar-refractivity contribution in [3.63, 3.8) is 0 Å². The molecular weight excluding hydrogens is 312 g/mol. The molecule has 5 nitrogen and oxygen atoms in total. The van der Waals surface area contributed by atoms with Crippen molar-refractivity contribution in [3.05, 3.63) is 54.6 Å². The van der Waals surface area contributed by atoms with Crippen molar-refractivity contribution >= 4 is 15.9 Å². The highest BCUT2D eigenvalue weighted by molar-refractivity contribution is 7.89. The SMILES string of the molecule is CN(C)C(=O)CN(C)S(=O)(=O)c1ccc(-c2ccccc2)cc1. The van der Waals surface area contributed by atoms with Gasteiger partial charge in [-0.1, -0.05) is 42.5 Å². The average Bonchev–Trinajstić information content (AvgIpc) is 2.55. The molecule has 23 heavy (non-hydrogen) atoms. The van der Waals surface area contributed by atoms with Crippen LogP contribution in [0, 0.1) is 0 Å². The van der Waals surface area contributed by atoms with Gasteiger partial charge in [0.2, 0.25) is 15.9 Å². The number of rotatable bonds is 5. The highest BCUT2D eigenvalue weighted by atomic mass is 32.2. The van der Waals surface area contributed by atoms with Crippen LogP contribution in [0.25, 0.3) is 11.1 Å². The molecule has 0 saturated carbocycles. The van der Waals surface area contributed by atoms with Crippen molar-refractivity contribution in [2.45, 2.75) is 4.90 Å². The minimum absolute atomic E-state index is 0.172. The first-order valence-corrected chi connectivity index (χ1v) is 8.58. The van der Waals surface area contributed by atoms with Crippen LogP contribution in [0.15, 0.2) is 59.5 Å². The van der Waals surface area contributed by atoms with Crippen LogP contribution in [0.5, 0.6) is 0 Å². The van der Waals surface area contributed by atoms with E-state index in [1.807, 2.05) is 30.3 Å². The standard InChI is InChI=1S/C17H20N2O3S/c1-18(2)17(20)13-19(3)23(21,22)16-11-9-15(10-12-16)14-7-5-4-6-8-14/h4-12H,13H2,1-3H3. The van der Waals surface area contributed by atoms with Crippen molar-refractivity contribution in [2.24, 2.45) is 0 Å². The largest absolute Gasteiger partial charge is 0.348 e. The van der Waals surface area contributed by atoms with Crippen LogP contribution in [-0.4, -0.2) is 51.2 Å². The third-order valence-corrected chi connectivity index (χ3v) is 5.34. The summed E-state index contributed by atoms with van der Waals surface area (Å²) in [4.78, 5) is 13.2. The molecule has 0 radical (unpaired) electrons. The normalized spacial score (nSPS) is 11.5. The zero-order valence-electron chi connectivity index (χ0n) is 13.4. The number of hydrogen-bond acceptors (Lipinski definition) is 3. The lowest BCUT2D eigenvalue weighted by atomic mass is 10.1. The van der Waals surface area contributed by atoms with Gasteiger partial charge in [0.1, 0.15) is 0 Å². The number of likely N-dealkylation sites (N-methyl/N-ethyl adjacent to an activating group) is 2. The second kappa shape index (κ2) is 6.93. The number of carbonyl (C=O) groups is 1. The Morgan fingerprint density at radius 1 is 0.870 bits per heavy atom. The lowest BCUT2D eigenvalue weighted by Gasteiger charge is -2.19. The molecule has 6 heteroatoms. The summed E-state index contributed by atoms with van der Waals surface area (Å²) in [5, 5.41) is 0. The molecule has 0 saturated heterocycles. The maximum absolute atomic E-state index is 12.5. The predicted molar refractivity (Wildman–Crippen MR) is 90.4 cm³/mol. The summed E-state index contributed by atoms with van der Waals surface area (Å²) in [6.07, 6.45) is 0. The van der Waals surface area contributed by atoms with Gasteiger partial charge in [-0.15, -0.1) is 0 Å². The molecule has 0 spiro atoms. The second-order valence-corrected chi connectivity index (χ2v) is 7.48. The van der Waals surface area contributed by atoms with E-state index in [2.05, 4.69) is 0 Å². The fraction of sp³-hybridized carbons (Fsp3) is 0.235. The molecule has 122 valence electrons. The summed E-state index contributed by atoms with van der Waals surface area (Å²) < 4.78 is 26.0. The number of nitrogens with zero attached hydrogens (tertiary/aromatic N) is 2. The van der Waals surface area contributed by atoms with Gasteiger partial charge in [0.25, 0.3) is 0 Å². The lowest BCUT2D eigenvalue weighted by molar-refractivity contribution is -0.128. The minimum Gasteiger partial charge on any atom is -0.348 e. The molecule has 0 aromatic heterocycles. The fourth-order valence-electron chi connectivity index (χ4n) is 2.05. The molecule has 0 aliphatic heterocycles. The molecule has 0 fully saturated rings. The van der Waals surface area contributed by atoms with Gasteiger partial charge in [-0.05, 0) is 23.3 Å². The van der Waals surface area contributed by atoms with Crippen LogP contribution in [0.2, 0.25) is 0 Å². The molecule has 2 rings (SSSR count). The molecule has 0 aliphatic rings. The third kappa shape index (κ3) is 3.97. The molecule has 1 amide bonds. The zero-order chi connectivity index (χ0) is 17.0. The Morgan fingerprint density at radius 2 is 1.39 bits per heavy atom. The molecular formula is C17H20N2O3S. The van der Waals surface area contributed by atoms with E-state index in [9.17, 15) is 13.2 Å². The first-order chi connectivity index (χ1) is 10.8. The quantitative estimate of drug-likeness (QED) is 0.842. The topological polar surface area (TPSA) is 57.7 Å². The Bertz CT molecular complexity index is 769. The Kier molecular flexibility index (Phi) is 5.18. The van der Waals surface area contributed by atoms with Gasteiger partial charge in [0, 0.05) is 21.1 Å². The highest BCUT2D eigenvalue weighted by Gasteiger charge is 2.23. The van der Waals surface area contributed by atoms with E-state index in [1.54, 1.807) is 38.4 Å². The molecule has 0 heterocycles. The smallest absolute Gasteiger partial charge is 0.243 e. The number of amides is 1. The van der Waals surface area contributed by atoms with Crippen molar-refractivity contribution < 1.29 is 13.2 Å². The number of benzene rings is 2. The van der Waals surface area contributed by atoms with Crippen molar-refractivity contribution in [1.29, 1.82) is 0 Å². The number of carbonyl (C=O) groups excluding carboxylic acids is 1. The Balaban J connectivity index is 2.22. The molecule has 0 bridgehead atoms. The van der Waals surface area contributed by atoms with Crippen molar-refractivity contribution in [3.8, 4) is 11.1 Å². The van der Waals surface area contributed by atoms with E-state index < -0.39 is 10.0 Å². The van der Waals surface area contributed by atoms with Gasteiger partial charge in [-0.3, -0.25) is 4.79 Å². The molecule has 0 atom stereocenters. The van der Waals surface area contributed by atoms with Crippen LogP contribution in [-0.2, 0) is 14.8 Å². The summed E-state index contributed by atoms with van der Waals surface area (Å²) in [6, 6.07) is 16.4. The van der Waals surface area contributed by atoms with Gasteiger partial charge in [-0.25, -0.2) is 8.42 Å². The lowest BCUT2D eigenvalue weighted by Crippen LogP contribution is -2.37.